The third kappa shape index (κ3) is 11.3. The highest BCUT2D eigenvalue weighted by Gasteiger charge is 2.57. The van der Waals surface area contributed by atoms with Gasteiger partial charge in [0.2, 0.25) is 9.70 Å². The lowest BCUT2D eigenvalue weighted by molar-refractivity contribution is -0.137. The van der Waals surface area contributed by atoms with E-state index in [0.29, 0.717) is 25.3 Å². The third-order valence-electron chi connectivity index (χ3n) is 6.00. The number of hydrogen-bond acceptors (Lipinski definition) is 4. The fourth-order valence-electron chi connectivity index (χ4n) is 3.96. The first-order valence-electron chi connectivity index (χ1n) is 11.3. The van der Waals surface area contributed by atoms with Gasteiger partial charge in [-0.1, -0.05) is 51.4 Å². The van der Waals surface area contributed by atoms with E-state index in [1.165, 1.54) is 32.1 Å². The van der Waals surface area contributed by atoms with Gasteiger partial charge in [0, 0.05) is 42.0 Å². The molecule has 1 aliphatic carbocycles. The third-order valence-corrected chi connectivity index (χ3v) is 6.96. The van der Waals surface area contributed by atoms with Crippen molar-refractivity contribution >= 4 is 38.3 Å². The Morgan fingerprint density at radius 2 is 1.41 bits per heavy atom. The monoisotopic (exact) mass is 522 g/mol. The van der Waals surface area contributed by atoms with Crippen LogP contribution in [-0.4, -0.2) is 39.9 Å². The van der Waals surface area contributed by atoms with Gasteiger partial charge < -0.3 is 15.7 Å². The van der Waals surface area contributed by atoms with E-state index in [9.17, 15) is 14.4 Å². The van der Waals surface area contributed by atoms with Crippen LogP contribution in [0.5, 0.6) is 0 Å². The number of carboxylic acid groups (broad SMARTS) is 1. The van der Waals surface area contributed by atoms with E-state index in [1.807, 2.05) is 29.6 Å². The number of carboxylic acids is 1. The van der Waals surface area contributed by atoms with E-state index in [4.69, 9.17) is 5.11 Å². The summed E-state index contributed by atoms with van der Waals surface area (Å²) in [5.74, 6) is -0.132. The van der Waals surface area contributed by atoms with Crippen LogP contribution in [0.25, 0.3) is 0 Å². The van der Waals surface area contributed by atoms with Crippen LogP contribution in [0.3, 0.4) is 0 Å². The van der Waals surface area contributed by atoms with Crippen LogP contribution < -0.4 is 10.6 Å². The molecule has 0 spiro atoms. The maximum absolute atomic E-state index is 11.9. The van der Waals surface area contributed by atoms with Gasteiger partial charge in [-0.25, -0.2) is 0 Å². The molecule has 1 saturated carbocycles. The van der Waals surface area contributed by atoms with Crippen molar-refractivity contribution in [3.8, 4) is 0 Å². The molecule has 6 nitrogen and oxygen atoms in total. The van der Waals surface area contributed by atoms with Gasteiger partial charge in [0.05, 0.1) is 5.54 Å². The zero-order valence-corrected chi connectivity index (χ0v) is 20.1. The van der Waals surface area contributed by atoms with Crippen LogP contribution >= 0.6 is 22.6 Å². The first-order valence-corrected chi connectivity index (χ1v) is 12.4. The Kier molecular flexibility index (Phi) is 13.8. The summed E-state index contributed by atoms with van der Waals surface area (Å²) in [5, 5.41) is 14.7. The zero-order chi connectivity index (χ0) is 21.5. The summed E-state index contributed by atoms with van der Waals surface area (Å²) in [6.45, 7) is 0.705. The molecule has 0 aromatic carbocycles. The number of likely N-dealkylation sites (N-methyl/N-ethyl adjacent to an activating group) is 1. The highest BCUT2D eigenvalue weighted by molar-refractivity contribution is 14.1. The maximum Gasteiger partial charge on any atom is 0.303 e. The molecule has 0 heterocycles. The molecule has 1 rings (SSSR count). The smallest absolute Gasteiger partial charge is 0.303 e. The fourth-order valence-corrected chi connectivity index (χ4v) is 4.89. The van der Waals surface area contributed by atoms with Crippen LogP contribution in [-0.2, 0) is 14.4 Å². The van der Waals surface area contributed by atoms with E-state index in [0.717, 1.165) is 51.4 Å². The summed E-state index contributed by atoms with van der Waals surface area (Å²) in [6.07, 6.45) is 14.8. The highest BCUT2D eigenvalue weighted by Crippen LogP contribution is 2.48. The maximum atomic E-state index is 11.9. The average molecular weight is 522 g/mol. The lowest BCUT2D eigenvalue weighted by Gasteiger charge is -2.11. The second kappa shape index (κ2) is 15.2. The quantitative estimate of drug-likeness (QED) is 0.131. The predicted molar refractivity (Wildman–Crippen MR) is 124 cm³/mol. The standard InChI is InChI=1S/C22H39IN2O4/c1-24-22(21(23)29)17-18(22)13-12-16-25-19(26)14-10-8-6-4-2-3-5-7-9-11-15-20(27)28/h18,24H,2-17H2,1H3,(H,25,26)(H,27,28)/t18-,22?/m0/s1. The van der Waals surface area contributed by atoms with Crippen LogP contribution in [0, 0.1) is 5.92 Å². The molecule has 1 amide bonds. The van der Waals surface area contributed by atoms with E-state index in [1.54, 1.807) is 0 Å². The number of rotatable bonds is 19. The van der Waals surface area contributed by atoms with Crippen molar-refractivity contribution in [3.05, 3.63) is 0 Å². The lowest BCUT2D eigenvalue weighted by Crippen LogP contribution is -2.35. The molecule has 29 heavy (non-hydrogen) atoms. The molecule has 1 unspecified atom stereocenters. The topological polar surface area (TPSA) is 95.5 Å². The van der Waals surface area contributed by atoms with E-state index >= 15 is 0 Å². The number of carbonyl (C=O) groups excluding carboxylic acids is 2. The summed E-state index contributed by atoms with van der Waals surface area (Å²) in [5.41, 5.74) is -0.301. The number of aliphatic carboxylic acids is 1. The van der Waals surface area contributed by atoms with Crippen molar-refractivity contribution < 1.29 is 19.5 Å². The van der Waals surface area contributed by atoms with Gasteiger partial charge in [0.1, 0.15) is 0 Å². The molecule has 168 valence electrons. The summed E-state index contributed by atoms with van der Waals surface area (Å²) in [7, 11) is 1.85. The fraction of sp³-hybridized carbons (Fsp3) is 0.864. The molecule has 0 saturated heterocycles. The van der Waals surface area contributed by atoms with Crippen molar-refractivity contribution in [1.82, 2.24) is 10.6 Å². The normalized spacial score (nSPS) is 20.4. The Bertz CT molecular complexity index is 515. The van der Waals surface area contributed by atoms with Gasteiger partial charge in [-0.15, -0.1) is 0 Å². The molecule has 0 bridgehead atoms. The van der Waals surface area contributed by atoms with Crippen molar-refractivity contribution in [1.29, 1.82) is 0 Å². The van der Waals surface area contributed by atoms with Crippen LogP contribution in [0.2, 0.25) is 0 Å². The summed E-state index contributed by atoms with van der Waals surface area (Å²) in [6, 6.07) is 0. The van der Waals surface area contributed by atoms with Gasteiger partial charge in [-0.3, -0.25) is 14.4 Å². The summed E-state index contributed by atoms with van der Waals surface area (Å²) in [4.78, 5) is 33.9. The molecule has 0 aromatic heterocycles. The van der Waals surface area contributed by atoms with Crippen LogP contribution in [0.1, 0.15) is 96.3 Å². The van der Waals surface area contributed by atoms with Crippen LogP contribution in [0.4, 0.5) is 0 Å². The highest BCUT2D eigenvalue weighted by atomic mass is 127. The van der Waals surface area contributed by atoms with Crippen molar-refractivity contribution in [2.75, 3.05) is 13.6 Å². The molecular formula is C22H39IN2O4. The van der Waals surface area contributed by atoms with Gasteiger partial charge in [0.15, 0.2) is 0 Å². The first-order chi connectivity index (χ1) is 13.9. The van der Waals surface area contributed by atoms with Gasteiger partial charge in [-0.2, -0.15) is 0 Å². The van der Waals surface area contributed by atoms with Gasteiger partial charge >= 0.3 is 5.97 Å². The molecule has 1 aliphatic rings. The van der Waals surface area contributed by atoms with Gasteiger partial charge in [0.25, 0.3) is 0 Å². The molecule has 7 heteroatoms. The van der Waals surface area contributed by atoms with Crippen LogP contribution in [0.15, 0.2) is 0 Å². The zero-order valence-electron chi connectivity index (χ0n) is 17.9. The second-order valence-corrected chi connectivity index (χ2v) is 9.30. The molecule has 0 radical (unpaired) electrons. The van der Waals surface area contributed by atoms with Crippen molar-refractivity contribution in [2.24, 2.45) is 5.92 Å². The van der Waals surface area contributed by atoms with E-state index < -0.39 is 5.97 Å². The number of nitrogens with one attached hydrogen (secondary N) is 2. The molecular weight excluding hydrogens is 483 g/mol. The number of amides is 1. The molecule has 1 fully saturated rings. The minimum atomic E-state index is -0.693. The number of hydrogen-bond donors (Lipinski definition) is 3. The minimum Gasteiger partial charge on any atom is -0.481 e. The number of carbonyl (C=O) groups is 3. The predicted octanol–water partition coefficient (Wildman–Crippen LogP) is 4.59. The molecule has 2 atom stereocenters. The Morgan fingerprint density at radius 1 is 0.897 bits per heavy atom. The van der Waals surface area contributed by atoms with E-state index in [-0.39, 0.29) is 15.2 Å². The first kappa shape index (κ1) is 26.3. The lowest BCUT2D eigenvalue weighted by atomic mass is 10.1. The SMILES string of the molecule is CNC1(C(=O)I)C[C@@H]1CCCNC(=O)CCCCCCCCCCCCC(=O)O. The Morgan fingerprint density at radius 3 is 1.86 bits per heavy atom. The summed E-state index contributed by atoms with van der Waals surface area (Å²) >= 11 is 1.88. The van der Waals surface area contributed by atoms with Crippen molar-refractivity contribution in [3.63, 3.8) is 0 Å². The Balaban J connectivity index is 1.83. The average Bonchev–Trinajstić information content (AvgIpc) is 3.40. The second-order valence-electron chi connectivity index (χ2n) is 8.32. The summed E-state index contributed by atoms with van der Waals surface area (Å²) < 4.78 is 0.197. The Hall–Kier alpha value is -0.700. The molecule has 0 aliphatic heterocycles. The largest absolute Gasteiger partial charge is 0.481 e. The number of unbranched alkanes of at least 4 members (excludes halogenated alkanes) is 9. The van der Waals surface area contributed by atoms with Crippen molar-refractivity contribution in [2.45, 2.75) is 102 Å². The molecule has 3 N–H and O–H groups in total. The number of halogens is 1. The van der Waals surface area contributed by atoms with Gasteiger partial charge in [-0.05, 0) is 45.1 Å². The minimum absolute atomic E-state index is 0.145. The molecule has 0 aromatic rings. The Labute approximate surface area is 189 Å². The van der Waals surface area contributed by atoms with E-state index in [2.05, 4.69) is 10.6 Å².